The molecule has 0 spiro atoms. The lowest BCUT2D eigenvalue weighted by molar-refractivity contribution is -0.129. The summed E-state index contributed by atoms with van der Waals surface area (Å²) in [5.74, 6) is 6.86. The average Bonchev–Trinajstić information content (AvgIpc) is 2.48. The number of hydrogen-bond acceptors (Lipinski definition) is 5. The van der Waals surface area contributed by atoms with E-state index < -0.39 is 0 Å². The molecule has 1 amide bonds. The quantitative estimate of drug-likeness (QED) is 0.633. The highest BCUT2D eigenvalue weighted by Crippen LogP contribution is 2.15. The van der Waals surface area contributed by atoms with E-state index in [4.69, 9.17) is 5.84 Å². The number of nitrogen functional groups attached to an aromatic ring is 1. The molecule has 0 radical (unpaired) electrons. The summed E-state index contributed by atoms with van der Waals surface area (Å²) in [7, 11) is 0. The third-order valence-electron chi connectivity index (χ3n) is 3.17. The van der Waals surface area contributed by atoms with Crippen molar-refractivity contribution in [1.82, 2.24) is 9.88 Å². The van der Waals surface area contributed by atoms with Crippen LogP contribution >= 0.6 is 11.8 Å². The molecule has 0 unspecified atom stereocenters. The summed E-state index contributed by atoms with van der Waals surface area (Å²) in [6, 6.07) is 3.71. The van der Waals surface area contributed by atoms with Crippen LogP contribution in [0.25, 0.3) is 0 Å². The van der Waals surface area contributed by atoms with Gasteiger partial charge in [-0.2, -0.15) is 0 Å². The zero-order valence-electron chi connectivity index (χ0n) is 11.0. The van der Waals surface area contributed by atoms with Gasteiger partial charge in [0.2, 0.25) is 5.91 Å². The third kappa shape index (κ3) is 4.40. The maximum absolute atomic E-state index is 12.0. The molecule has 1 aromatic heterocycles. The fraction of sp³-hybridized carbons (Fsp3) is 0.538. The van der Waals surface area contributed by atoms with Gasteiger partial charge in [0.15, 0.2) is 0 Å². The molecule has 5 nitrogen and oxygen atoms in total. The minimum absolute atomic E-state index is 0.248. The minimum atomic E-state index is 0.248. The van der Waals surface area contributed by atoms with Crippen LogP contribution in [-0.2, 0) is 10.5 Å². The highest BCUT2D eigenvalue weighted by Gasteiger charge is 2.15. The molecule has 1 aromatic rings. The molecule has 3 N–H and O–H groups in total. The lowest BCUT2D eigenvalue weighted by Gasteiger charge is -2.26. The number of amides is 1. The van der Waals surface area contributed by atoms with E-state index in [9.17, 15) is 4.79 Å². The first-order valence-electron chi connectivity index (χ1n) is 6.56. The van der Waals surface area contributed by atoms with Crippen molar-refractivity contribution in [2.45, 2.75) is 25.0 Å². The number of nitrogens with zero attached hydrogens (tertiary/aromatic N) is 2. The monoisotopic (exact) mass is 280 g/mol. The number of nitrogens with one attached hydrogen (secondary N) is 1. The summed E-state index contributed by atoms with van der Waals surface area (Å²) in [5.41, 5.74) is 4.37. The Morgan fingerprint density at radius 1 is 1.42 bits per heavy atom. The van der Waals surface area contributed by atoms with Crippen LogP contribution in [-0.4, -0.2) is 34.6 Å². The van der Waals surface area contributed by atoms with E-state index in [0.717, 1.165) is 43.1 Å². The molecule has 1 saturated heterocycles. The van der Waals surface area contributed by atoms with Gasteiger partial charge < -0.3 is 10.3 Å². The molecule has 2 rings (SSSR count). The molecular formula is C13H20N4OS. The Labute approximate surface area is 117 Å². The Bertz CT molecular complexity index is 421. The summed E-state index contributed by atoms with van der Waals surface area (Å²) in [6.07, 6.45) is 5.25. The minimum Gasteiger partial charge on any atom is -0.342 e. The number of pyridine rings is 1. The Balaban J connectivity index is 1.74. The van der Waals surface area contributed by atoms with E-state index in [0.29, 0.717) is 5.75 Å². The molecule has 0 atom stereocenters. The highest BCUT2D eigenvalue weighted by molar-refractivity contribution is 7.99. The summed E-state index contributed by atoms with van der Waals surface area (Å²) >= 11 is 1.60. The fourth-order valence-electron chi connectivity index (χ4n) is 2.12. The van der Waals surface area contributed by atoms with Crippen LogP contribution in [0.1, 0.15) is 25.0 Å². The average molecular weight is 280 g/mol. The molecule has 19 heavy (non-hydrogen) atoms. The number of piperidine rings is 1. The van der Waals surface area contributed by atoms with Gasteiger partial charge in [0.05, 0.1) is 17.1 Å². The van der Waals surface area contributed by atoms with Gasteiger partial charge in [-0.3, -0.25) is 15.6 Å². The molecule has 0 saturated carbocycles. The van der Waals surface area contributed by atoms with E-state index in [1.54, 1.807) is 18.0 Å². The summed E-state index contributed by atoms with van der Waals surface area (Å²) in [6.45, 7) is 1.84. The number of carbonyl (C=O) groups is 1. The standard InChI is InChI=1S/C13H20N4OS/c14-16-11-4-5-15-12(8-11)9-19-10-13(18)17-6-2-1-3-7-17/h4-5,8H,1-3,6-7,9-10,14H2,(H,15,16). The fourth-order valence-corrected chi connectivity index (χ4v) is 2.95. The van der Waals surface area contributed by atoms with Crippen molar-refractivity contribution in [3.8, 4) is 0 Å². The van der Waals surface area contributed by atoms with Gasteiger partial charge in [-0.15, -0.1) is 11.8 Å². The van der Waals surface area contributed by atoms with Gasteiger partial charge in [-0.1, -0.05) is 0 Å². The molecule has 104 valence electrons. The van der Waals surface area contributed by atoms with Crippen molar-refractivity contribution in [2.75, 3.05) is 24.3 Å². The van der Waals surface area contributed by atoms with Crippen molar-refractivity contribution in [1.29, 1.82) is 0 Å². The number of hydrogen-bond donors (Lipinski definition) is 2. The molecule has 0 aliphatic carbocycles. The SMILES string of the molecule is NNc1ccnc(CSCC(=O)N2CCCCC2)c1. The van der Waals surface area contributed by atoms with Crippen LogP contribution in [0.15, 0.2) is 18.3 Å². The first kappa shape index (κ1) is 14.1. The molecular weight excluding hydrogens is 260 g/mol. The molecule has 6 heteroatoms. The Kier molecular flexibility index (Phi) is 5.47. The number of rotatable bonds is 5. The maximum atomic E-state index is 12.0. The van der Waals surface area contributed by atoms with Gasteiger partial charge in [0.25, 0.3) is 0 Å². The number of anilines is 1. The van der Waals surface area contributed by atoms with Gasteiger partial charge in [-0.05, 0) is 31.4 Å². The number of likely N-dealkylation sites (tertiary alicyclic amines) is 1. The molecule has 2 heterocycles. The molecule has 1 aliphatic heterocycles. The maximum Gasteiger partial charge on any atom is 0.232 e. The summed E-state index contributed by atoms with van der Waals surface area (Å²) in [5, 5.41) is 0. The topological polar surface area (TPSA) is 71.2 Å². The van der Waals surface area contributed by atoms with Gasteiger partial charge in [0.1, 0.15) is 0 Å². The second-order valence-corrected chi connectivity index (χ2v) is 5.60. The second kappa shape index (κ2) is 7.35. The normalized spacial score (nSPS) is 15.3. The third-order valence-corrected chi connectivity index (χ3v) is 4.12. The lowest BCUT2D eigenvalue weighted by Crippen LogP contribution is -2.36. The van der Waals surface area contributed by atoms with E-state index >= 15 is 0 Å². The molecule has 1 aliphatic rings. The number of aromatic nitrogens is 1. The number of thioether (sulfide) groups is 1. The number of nitrogens with two attached hydrogens (primary N) is 1. The van der Waals surface area contributed by atoms with Crippen molar-refractivity contribution in [3.63, 3.8) is 0 Å². The number of carbonyl (C=O) groups excluding carboxylic acids is 1. The zero-order chi connectivity index (χ0) is 13.5. The van der Waals surface area contributed by atoms with Gasteiger partial charge in [0, 0.05) is 25.0 Å². The van der Waals surface area contributed by atoms with Crippen LogP contribution in [0, 0.1) is 0 Å². The Hall–Kier alpha value is -1.27. The Morgan fingerprint density at radius 2 is 2.21 bits per heavy atom. The van der Waals surface area contributed by atoms with Gasteiger partial charge >= 0.3 is 0 Å². The molecule has 1 fully saturated rings. The van der Waals surface area contributed by atoms with E-state index in [2.05, 4.69) is 10.4 Å². The molecule has 0 bridgehead atoms. The van der Waals surface area contributed by atoms with E-state index in [-0.39, 0.29) is 5.91 Å². The van der Waals surface area contributed by atoms with Crippen molar-refractivity contribution >= 4 is 23.4 Å². The van der Waals surface area contributed by atoms with Crippen LogP contribution in [0.4, 0.5) is 5.69 Å². The summed E-state index contributed by atoms with van der Waals surface area (Å²) in [4.78, 5) is 18.2. The smallest absolute Gasteiger partial charge is 0.232 e. The van der Waals surface area contributed by atoms with E-state index in [1.165, 1.54) is 6.42 Å². The zero-order valence-corrected chi connectivity index (χ0v) is 11.8. The number of hydrazine groups is 1. The van der Waals surface area contributed by atoms with E-state index in [1.807, 2.05) is 17.0 Å². The summed E-state index contributed by atoms with van der Waals surface area (Å²) < 4.78 is 0. The van der Waals surface area contributed by atoms with Gasteiger partial charge in [-0.25, -0.2) is 0 Å². The molecule has 0 aromatic carbocycles. The van der Waals surface area contributed by atoms with Crippen molar-refractivity contribution < 1.29 is 4.79 Å². The van der Waals surface area contributed by atoms with Crippen LogP contribution in [0.5, 0.6) is 0 Å². The highest BCUT2D eigenvalue weighted by atomic mass is 32.2. The first-order chi connectivity index (χ1) is 9.29. The second-order valence-electron chi connectivity index (χ2n) is 4.61. The van der Waals surface area contributed by atoms with Crippen molar-refractivity contribution in [3.05, 3.63) is 24.0 Å². The predicted molar refractivity (Wildman–Crippen MR) is 78.6 cm³/mol. The van der Waals surface area contributed by atoms with Crippen LogP contribution in [0.2, 0.25) is 0 Å². The predicted octanol–water partition coefficient (Wildman–Crippen LogP) is 1.61. The first-order valence-corrected chi connectivity index (χ1v) is 7.72. The van der Waals surface area contributed by atoms with Crippen LogP contribution < -0.4 is 11.3 Å². The Morgan fingerprint density at radius 3 is 2.95 bits per heavy atom. The van der Waals surface area contributed by atoms with Crippen LogP contribution in [0.3, 0.4) is 0 Å². The largest absolute Gasteiger partial charge is 0.342 e. The van der Waals surface area contributed by atoms with Crippen molar-refractivity contribution in [2.24, 2.45) is 5.84 Å². The lowest BCUT2D eigenvalue weighted by atomic mass is 10.1.